The fraction of sp³-hybridized carbons (Fsp3) is 0.333. The number of nitrogens with zero attached hydrogens (tertiary/aromatic N) is 1. The van der Waals surface area contributed by atoms with Gasteiger partial charge in [-0.25, -0.2) is 9.18 Å². The van der Waals surface area contributed by atoms with E-state index in [2.05, 4.69) is 5.32 Å². The Morgan fingerprint density at radius 3 is 2.35 bits per heavy atom. The topological polar surface area (TPSA) is 49.4 Å². The summed E-state index contributed by atoms with van der Waals surface area (Å²) in [4.78, 5) is 24.8. The Labute approximate surface area is 98.4 Å². The van der Waals surface area contributed by atoms with Gasteiger partial charge in [0.05, 0.1) is 0 Å². The highest BCUT2D eigenvalue weighted by Crippen LogP contribution is 2.28. The van der Waals surface area contributed by atoms with Crippen LogP contribution in [0.3, 0.4) is 0 Å². The van der Waals surface area contributed by atoms with Crippen molar-refractivity contribution in [2.45, 2.75) is 19.4 Å². The monoisotopic (exact) mass is 236 g/mol. The predicted molar refractivity (Wildman–Crippen MR) is 59.7 cm³/mol. The molecule has 1 saturated heterocycles. The number of likely N-dealkylation sites (N-methyl/N-ethyl adjacent to an activating group) is 1. The average Bonchev–Trinajstić information content (AvgIpc) is 2.51. The summed E-state index contributed by atoms with van der Waals surface area (Å²) in [7, 11) is 0. The van der Waals surface area contributed by atoms with Crippen LogP contribution < -0.4 is 5.32 Å². The maximum absolute atomic E-state index is 12.8. The Hall–Kier alpha value is -1.91. The molecule has 3 amide bonds. The fourth-order valence-corrected chi connectivity index (χ4v) is 1.96. The van der Waals surface area contributed by atoms with Gasteiger partial charge in [0, 0.05) is 6.54 Å². The first kappa shape index (κ1) is 11.6. The zero-order chi connectivity index (χ0) is 12.6. The molecule has 4 nitrogen and oxygen atoms in total. The van der Waals surface area contributed by atoms with Crippen LogP contribution in [0.25, 0.3) is 0 Å². The minimum Gasteiger partial charge on any atom is -0.319 e. The van der Waals surface area contributed by atoms with Crippen LogP contribution in [0.15, 0.2) is 24.3 Å². The van der Waals surface area contributed by atoms with Crippen LogP contribution in [0, 0.1) is 5.82 Å². The van der Waals surface area contributed by atoms with Crippen molar-refractivity contribution >= 4 is 11.9 Å². The van der Waals surface area contributed by atoms with Gasteiger partial charge in [-0.05, 0) is 31.5 Å². The minimum absolute atomic E-state index is 0.309. The molecule has 1 aliphatic heterocycles. The van der Waals surface area contributed by atoms with E-state index in [1.165, 1.54) is 24.3 Å². The molecule has 0 aliphatic carbocycles. The smallest absolute Gasteiger partial charge is 0.319 e. The third kappa shape index (κ3) is 1.67. The van der Waals surface area contributed by atoms with Gasteiger partial charge in [0.2, 0.25) is 0 Å². The number of halogens is 1. The predicted octanol–water partition coefficient (Wildman–Crippen LogP) is 1.61. The van der Waals surface area contributed by atoms with E-state index in [1.807, 2.05) is 0 Å². The second-order valence-electron chi connectivity index (χ2n) is 4.11. The summed E-state index contributed by atoms with van der Waals surface area (Å²) in [5.41, 5.74) is -0.519. The molecule has 0 spiro atoms. The molecular weight excluding hydrogens is 223 g/mol. The first-order chi connectivity index (χ1) is 7.99. The molecule has 0 bridgehead atoms. The molecule has 1 fully saturated rings. The Morgan fingerprint density at radius 1 is 1.29 bits per heavy atom. The number of carbonyl (C=O) groups is 2. The minimum atomic E-state index is -1.10. The molecule has 1 N–H and O–H groups in total. The highest BCUT2D eigenvalue weighted by molar-refractivity contribution is 6.07. The SMILES string of the molecule is CCN1C(=O)N[C@](C)(c2ccc(F)cc2)C1=O. The maximum Gasteiger partial charge on any atom is 0.325 e. The van der Waals surface area contributed by atoms with E-state index in [0.717, 1.165) is 4.90 Å². The van der Waals surface area contributed by atoms with Gasteiger partial charge in [0.1, 0.15) is 11.4 Å². The van der Waals surface area contributed by atoms with Crippen LogP contribution in [-0.4, -0.2) is 23.4 Å². The van der Waals surface area contributed by atoms with Gasteiger partial charge in [-0.2, -0.15) is 0 Å². The van der Waals surface area contributed by atoms with Crippen molar-refractivity contribution in [3.63, 3.8) is 0 Å². The molecule has 1 aromatic rings. The maximum atomic E-state index is 12.8. The zero-order valence-corrected chi connectivity index (χ0v) is 9.66. The van der Waals surface area contributed by atoms with Crippen molar-refractivity contribution in [3.05, 3.63) is 35.6 Å². The lowest BCUT2D eigenvalue weighted by Gasteiger charge is -2.21. The normalized spacial score (nSPS) is 24.1. The molecule has 1 heterocycles. The number of rotatable bonds is 2. The van der Waals surface area contributed by atoms with E-state index in [9.17, 15) is 14.0 Å². The second kappa shape index (κ2) is 3.84. The van der Waals surface area contributed by atoms with Gasteiger partial charge in [0.15, 0.2) is 0 Å². The van der Waals surface area contributed by atoms with Crippen molar-refractivity contribution in [2.75, 3.05) is 6.54 Å². The van der Waals surface area contributed by atoms with E-state index in [-0.39, 0.29) is 11.7 Å². The first-order valence-corrected chi connectivity index (χ1v) is 5.39. The number of carbonyl (C=O) groups excluding carboxylic acids is 2. The van der Waals surface area contributed by atoms with Crippen LogP contribution >= 0.6 is 0 Å². The summed E-state index contributed by atoms with van der Waals surface area (Å²) < 4.78 is 12.8. The summed E-state index contributed by atoms with van der Waals surface area (Å²) in [6, 6.07) is 5.15. The summed E-state index contributed by atoms with van der Waals surface area (Å²) in [6.45, 7) is 3.67. The number of amides is 3. The average molecular weight is 236 g/mol. The van der Waals surface area contributed by atoms with Gasteiger partial charge in [-0.15, -0.1) is 0 Å². The van der Waals surface area contributed by atoms with Crippen LogP contribution in [-0.2, 0) is 10.3 Å². The molecule has 90 valence electrons. The van der Waals surface area contributed by atoms with Crippen LogP contribution in [0.1, 0.15) is 19.4 Å². The number of hydrogen-bond acceptors (Lipinski definition) is 2. The lowest BCUT2D eigenvalue weighted by molar-refractivity contribution is -0.130. The van der Waals surface area contributed by atoms with E-state index < -0.39 is 11.6 Å². The molecule has 0 saturated carbocycles. The summed E-state index contributed by atoms with van der Waals surface area (Å²) in [5, 5.41) is 2.63. The van der Waals surface area contributed by atoms with Crippen molar-refractivity contribution in [1.82, 2.24) is 10.2 Å². The molecular formula is C12H13FN2O2. The summed E-state index contributed by atoms with van der Waals surface area (Å²) in [5.74, 6) is -0.682. The van der Waals surface area contributed by atoms with Gasteiger partial charge >= 0.3 is 6.03 Å². The Morgan fingerprint density at radius 2 is 1.88 bits per heavy atom. The number of nitrogens with one attached hydrogen (secondary N) is 1. The molecule has 1 aliphatic rings. The van der Waals surface area contributed by atoms with Gasteiger partial charge < -0.3 is 5.32 Å². The molecule has 0 unspecified atom stereocenters. The van der Waals surface area contributed by atoms with Crippen LogP contribution in [0.2, 0.25) is 0 Å². The van der Waals surface area contributed by atoms with E-state index >= 15 is 0 Å². The summed E-state index contributed by atoms with van der Waals surface area (Å²) >= 11 is 0. The Balaban J connectivity index is 2.41. The molecule has 1 atom stereocenters. The number of benzene rings is 1. The zero-order valence-electron chi connectivity index (χ0n) is 9.66. The second-order valence-corrected chi connectivity index (χ2v) is 4.11. The molecule has 5 heteroatoms. The van der Waals surface area contributed by atoms with E-state index in [0.29, 0.717) is 12.1 Å². The molecule has 17 heavy (non-hydrogen) atoms. The number of hydrogen-bond donors (Lipinski definition) is 1. The van der Waals surface area contributed by atoms with Gasteiger partial charge in [-0.1, -0.05) is 12.1 Å². The van der Waals surface area contributed by atoms with E-state index in [1.54, 1.807) is 13.8 Å². The molecule has 0 aromatic heterocycles. The highest BCUT2D eigenvalue weighted by Gasteiger charge is 2.48. The van der Waals surface area contributed by atoms with Crippen LogP contribution in [0.4, 0.5) is 9.18 Å². The Bertz CT molecular complexity index is 472. The van der Waals surface area contributed by atoms with Crippen molar-refractivity contribution in [2.24, 2.45) is 0 Å². The molecule has 0 radical (unpaired) electrons. The van der Waals surface area contributed by atoms with Gasteiger partial charge in [-0.3, -0.25) is 9.69 Å². The Kier molecular flexibility index (Phi) is 2.61. The lowest BCUT2D eigenvalue weighted by Crippen LogP contribution is -2.40. The first-order valence-electron chi connectivity index (χ1n) is 5.39. The third-order valence-electron chi connectivity index (χ3n) is 3.01. The van der Waals surface area contributed by atoms with Gasteiger partial charge in [0.25, 0.3) is 5.91 Å². The number of urea groups is 1. The third-order valence-corrected chi connectivity index (χ3v) is 3.01. The molecule has 2 rings (SSSR count). The standard InChI is InChI=1S/C12H13FN2O2/c1-3-15-10(16)12(2,14-11(15)17)8-4-6-9(13)7-5-8/h4-7H,3H2,1-2H3,(H,14,17)/t12-/m1/s1. The fourth-order valence-electron chi connectivity index (χ4n) is 1.96. The summed E-state index contributed by atoms with van der Waals surface area (Å²) in [6.07, 6.45) is 0. The quantitative estimate of drug-likeness (QED) is 0.793. The lowest BCUT2D eigenvalue weighted by atomic mass is 9.92. The van der Waals surface area contributed by atoms with Crippen molar-refractivity contribution < 1.29 is 14.0 Å². The number of imide groups is 1. The van der Waals surface area contributed by atoms with Crippen LogP contribution in [0.5, 0.6) is 0 Å². The van der Waals surface area contributed by atoms with E-state index in [4.69, 9.17) is 0 Å². The van der Waals surface area contributed by atoms with Crippen molar-refractivity contribution in [3.8, 4) is 0 Å². The molecule has 1 aromatic carbocycles. The largest absolute Gasteiger partial charge is 0.325 e. The highest BCUT2D eigenvalue weighted by atomic mass is 19.1. The van der Waals surface area contributed by atoms with Crippen molar-refractivity contribution in [1.29, 1.82) is 0 Å².